The van der Waals surface area contributed by atoms with E-state index in [9.17, 15) is 9.59 Å². The molecular weight excluding hydrogens is 675 g/mol. The molecule has 0 saturated carbocycles. The summed E-state index contributed by atoms with van der Waals surface area (Å²) in [4.78, 5) is 42.5. The molecule has 0 spiro atoms. The summed E-state index contributed by atoms with van der Waals surface area (Å²) in [7, 11) is -4.99. The summed E-state index contributed by atoms with van der Waals surface area (Å²) < 4.78 is 25.7. The Bertz CT molecular complexity index is 1220. The first-order valence-electron chi connectivity index (χ1n) is 19.2. The fourth-order valence-corrected chi connectivity index (χ4v) is 14.0. The van der Waals surface area contributed by atoms with Gasteiger partial charge in [-0.25, -0.2) is 4.79 Å². The summed E-state index contributed by atoms with van der Waals surface area (Å²) in [6, 6.07) is 8.38. The van der Waals surface area contributed by atoms with Crippen LogP contribution in [0, 0.1) is 11.8 Å². The van der Waals surface area contributed by atoms with Crippen molar-refractivity contribution in [2.75, 3.05) is 6.61 Å². The first kappa shape index (κ1) is 46.7. The number of carbonyl (C=O) groups is 3. The monoisotopic (exact) mass is 747 g/mol. The maximum absolute atomic E-state index is 15.0. The third-order valence-electron chi connectivity index (χ3n) is 10.9. The van der Waals surface area contributed by atoms with Crippen molar-refractivity contribution in [3.8, 4) is 0 Å². The van der Waals surface area contributed by atoms with Crippen LogP contribution in [0.2, 0.25) is 34.8 Å². The van der Waals surface area contributed by atoms with E-state index in [1.54, 1.807) is 0 Å². The van der Waals surface area contributed by atoms with Crippen molar-refractivity contribution < 1.29 is 32.7 Å². The summed E-state index contributed by atoms with van der Waals surface area (Å²) in [5, 5.41) is 2.77. The van der Waals surface area contributed by atoms with Gasteiger partial charge in [0.25, 0.3) is 0 Å². The Kier molecular flexibility index (Phi) is 19.1. The van der Waals surface area contributed by atoms with Gasteiger partial charge in [-0.3, -0.25) is 9.59 Å². The molecule has 0 aliphatic heterocycles. The largest absolute Gasteiger partial charge is 0.465 e. The quantitative estimate of drug-likeness (QED) is 0.0716. The molecule has 1 rings (SSSR count). The number of carbonyl (C=O) groups excluding carboxylic acids is 3. The number of Topliss-reactive ketones (excluding diaryl/α,β-unsaturated/α-hetero) is 1. The second-order valence-corrected chi connectivity index (χ2v) is 27.1. The Morgan fingerprint density at radius 1 is 0.863 bits per heavy atom. The van der Waals surface area contributed by atoms with E-state index in [0.717, 1.165) is 24.0 Å². The topological polar surface area (TPSA) is 100 Å². The van der Waals surface area contributed by atoms with E-state index in [1.807, 2.05) is 51.1 Å². The molecule has 1 amide bonds. The molecule has 0 aliphatic carbocycles. The zero-order valence-corrected chi connectivity index (χ0v) is 36.8. The molecule has 1 aromatic carbocycles. The Morgan fingerprint density at radius 3 is 1.88 bits per heavy atom. The predicted octanol–water partition coefficient (Wildman–Crippen LogP) is 10.8. The molecule has 0 saturated heterocycles. The van der Waals surface area contributed by atoms with Crippen LogP contribution in [0.15, 0.2) is 42.5 Å². The SMILES string of the molecule is C=C(C)CCOC(=O)[C@@H](CCCC)[C@@H](O[Si](C(C)C)(C(C)C)C(C)C)[C@@H](C)C(=O)[C@@H](NC(=O)OCc1ccccc1)[C@@H](C)O[Si](C)(C)C(C)(C)C. The number of hydrogen-bond acceptors (Lipinski definition) is 7. The smallest absolute Gasteiger partial charge is 0.408 e. The van der Waals surface area contributed by atoms with Crippen molar-refractivity contribution in [3.05, 3.63) is 48.0 Å². The van der Waals surface area contributed by atoms with Crippen LogP contribution in [0.4, 0.5) is 4.79 Å². The molecule has 10 heteroatoms. The number of unbranched alkanes of at least 4 members (excludes halogenated alkanes) is 1. The molecule has 0 unspecified atom stereocenters. The Morgan fingerprint density at radius 2 is 1.41 bits per heavy atom. The lowest BCUT2D eigenvalue weighted by Crippen LogP contribution is -2.59. The molecule has 8 nitrogen and oxygen atoms in total. The van der Waals surface area contributed by atoms with E-state index in [4.69, 9.17) is 18.3 Å². The van der Waals surface area contributed by atoms with Crippen molar-refractivity contribution in [1.29, 1.82) is 0 Å². The fourth-order valence-electron chi connectivity index (χ4n) is 6.92. The van der Waals surface area contributed by atoms with Crippen molar-refractivity contribution in [2.24, 2.45) is 11.8 Å². The highest BCUT2D eigenvalue weighted by molar-refractivity contribution is 6.77. The van der Waals surface area contributed by atoms with Crippen LogP contribution in [0.1, 0.15) is 121 Å². The number of nitrogens with one attached hydrogen (secondary N) is 1. The molecule has 1 aromatic rings. The zero-order valence-electron chi connectivity index (χ0n) is 34.8. The van der Waals surface area contributed by atoms with Gasteiger partial charge in [-0.05, 0) is 60.6 Å². The molecule has 5 atom stereocenters. The molecule has 0 aromatic heterocycles. The van der Waals surface area contributed by atoms with E-state index < -0.39 is 52.8 Å². The van der Waals surface area contributed by atoms with Crippen molar-refractivity contribution >= 4 is 34.5 Å². The standard InChI is InChI=1S/C41H73NO7Si2/c1-17-18-24-35(39(44)46-26-25-28(2)3)38(49-51(29(4)5,30(6)7)31(8)9)32(10)37(43)36(33(11)48-50(15,16)41(12,13)14)42-40(45)47-27-34-22-20-19-21-23-34/h19-23,29-33,35-36,38H,2,17-18,24-27H2,1,3-16H3,(H,42,45)/t32-,33+,35-,36-,38-/m0/s1. The van der Waals surface area contributed by atoms with E-state index in [2.05, 4.69) is 94.2 Å². The van der Waals surface area contributed by atoms with E-state index in [0.29, 0.717) is 12.8 Å². The first-order valence-corrected chi connectivity index (χ1v) is 24.3. The lowest BCUT2D eigenvalue weighted by Gasteiger charge is -2.47. The summed E-state index contributed by atoms with van der Waals surface area (Å²) in [5.74, 6) is -2.04. The van der Waals surface area contributed by atoms with Gasteiger partial charge >= 0.3 is 12.1 Å². The Balaban J connectivity index is 3.79. The fraction of sp³-hybridized carbons (Fsp3) is 0.732. The Labute approximate surface area is 313 Å². The summed E-state index contributed by atoms with van der Waals surface area (Å²) in [5.41, 5.74) is 2.42. The van der Waals surface area contributed by atoms with Crippen LogP contribution in [-0.2, 0) is 34.5 Å². The normalized spacial score (nSPS) is 15.6. The molecule has 0 aliphatic rings. The molecule has 0 fully saturated rings. The van der Waals surface area contributed by atoms with Crippen molar-refractivity contribution in [1.82, 2.24) is 5.32 Å². The highest BCUT2D eigenvalue weighted by Gasteiger charge is 2.51. The molecular formula is C41H73NO7Si2. The van der Waals surface area contributed by atoms with Gasteiger partial charge in [-0.15, -0.1) is 6.58 Å². The van der Waals surface area contributed by atoms with Crippen LogP contribution < -0.4 is 5.32 Å². The highest BCUT2D eigenvalue weighted by Crippen LogP contribution is 2.45. The molecule has 51 heavy (non-hydrogen) atoms. The van der Waals surface area contributed by atoms with E-state index >= 15 is 4.79 Å². The van der Waals surface area contributed by atoms with Gasteiger partial charge < -0.3 is 23.6 Å². The Hall–Kier alpha value is -2.28. The number of alkyl carbamates (subject to hydrolysis) is 1. The lowest BCUT2D eigenvalue weighted by molar-refractivity contribution is -0.155. The lowest BCUT2D eigenvalue weighted by atomic mass is 9.83. The van der Waals surface area contributed by atoms with E-state index in [1.165, 1.54) is 0 Å². The summed E-state index contributed by atoms with van der Waals surface area (Å²) in [6.45, 7) is 35.8. The third-order valence-corrected chi connectivity index (χ3v) is 21.5. The van der Waals surface area contributed by atoms with Gasteiger partial charge in [0.1, 0.15) is 12.6 Å². The maximum Gasteiger partial charge on any atom is 0.408 e. The summed E-state index contributed by atoms with van der Waals surface area (Å²) in [6.07, 6.45) is 0.615. The van der Waals surface area contributed by atoms with Crippen LogP contribution in [0.3, 0.4) is 0 Å². The molecule has 0 radical (unpaired) electrons. The average Bonchev–Trinajstić information content (AvgIpc) is 3.02. The molecule has 292 valence electrons. The van der Waals surface area contributed by atoms with Gasteiger partial charge in [0.05, 0.1) is 24.7 Å². The van der Waals surface area contributed by atoms with Crippen LogP contribution >= 0.6 is 0 Å². The molecule has 0 bridgehead atoms. The second-order valence-electron chi connectivity index (χ2n) is 17.0. The van der Waals surface area contributed by atoms with Gasteiger partial charge in [0.15, 0.2) is 14.1 Å². The van der Waals surface area contributed by atoms with E-state index in [-0.39, 0.29) is 46.6 Å². The first-order chi connectivity index (χ1) is 23.5. The van der Waals surface area contributed by atoms with Crippen LogP contribution in [0.25, 0.3) is 0 Å². The van der Waals surface area contributed by atoms with Crippen molar-refractivity contribution in [2.45, 2.75) is 175 Å². The second kappa shape index (κ2) is 20.8. The number of amides is 1. The molecule has 0 heterocycles. The van der Waals surface area contributed by atoms with Crippen LogP contribution in [0.5, 0.6) is 0 Å². The third kappa shape index (κ3) is 13.6. The van der Waals surface area contributed by atoms with Gasteiger partial charge in [-0.2, -0.15) is 0 Å². The number of hydrogen-bond donors (Lipinski definition) is 1. The highest BCUT2D eigenvalue weighted by atomic mass is 28.4. The zero-order chi connectivity index (χ0) is 39.3. The number of benzene rings is 1. The van der Waals surface area contributed by atoms with Gasteiger partial charge in [0, 0.05) is 12.3 Å². The minimum absolute atomic E-state index is 0.0622. The van der Waals surface area contributed by atoms with Crippen molar-refractivity contribution in [3.63, 3.8) is 0 Å². The van der Waals surface area contributed by atoms with Crippen LogP contribution in [-0.4, -0.2) is 59.3 Å². The maximum atomic E-state index is 15.0. The molecule has 1 N–H and O–H groups in total. The number of ketones is 1. The van der Waals surface area contributed by atoms with Gasteiger partial charge in [-0.1, -0.05) is 125 Å². The number of esters is 1. The predicted molar refractivity (Wildman–Crippen MR) is 215 cm³/mol. The minimum Gasteiger partial charge on any atom is -0.465 e. The summed E-state index contributed by atoms with van der Waals surface area (Å²) >= 11 is 0. The number of rotatable bonds is 22. The number of ether oxygens (including phenoxy) is 2. The average molecular weight is 748 g/mol. The minimum atomic E-state index is -2.61. The van der Waals surface area contributed by atoms with Gasteiger partial charge in [0.2, 0.25) is 8.32 Å².